The number of rotatable bonds is 9. The molecular formula is C17H23NO5. The Morgan fingerprint density at radius 3 is 2.43 bits per heavy atom. The van der Waals surface area contributed by atoms with Gasteiger partial charge in [0.1, 0.15) is 25.6 Å². The van der Waals surface area contributed by atoms with Crippen molar-refractivity contribution in [1.29, 1.82) is 0 Å². The van der Waals surface area contributed by atoms with E-state index in [9.17, 15) is 9.59 Å². The molecule has 0 aromatic heterocycles. The smallest absolute Gasteiger partial charge is 0.407 e. The van der Waals surface area contributed by atoms with E-state index in [-0.39, 0.29) is 26.4 Å². The molecule has 1 amide bonds. The summed E-state index contributed by atoms with van der Waals surface area (Å²) < 4.78 is 15.1. The molecule has 0 saturated heterocycles. The number of carbonyl (C=O) groups is 2. The molecule has 23 heavy (non-hydrogen) atoms. The molecule has 0 saturated carbocycles. The van der Waals surface area contributed by atoms with Crippen molar-refractivity contribution in [2.24, 2.45) is 0 Å². The third-order valence-corrected chi connectivity index (χ3v) is 2.91. The Hall–Kier alpha value is -2.50. The molecule has 0 aliphatic heterocycles. The molecule has 6 heteroatoms. The Morgan fingerprint density at radius 2 is 1.83 bits per heavy atom. The van der Waals surface area contributed by atoms with Gasteiger partial charge < -0.3 is 19.5 Å². The summed E-state index contributed by atoms with van der Waals surface area (Å²) in [4.78, 5) is 22.1. The summed E-state index contributed by atoms with van der Waals surface area (Å²) >= 11 is 0. The average Bonchev–Trinajstić information content (AvgIpc) is 2.55. The van der Waals surface area contributed by atoms with Gasteiger partial charge in [0.05, 0.1) is 6.54 Å². The molecule has 0 fully saturated rings. The van der Waals surface area contributed by atoms with E-state index in [1.807, 2.05) is 24.3 Å². The second-order valence-electron chi connectivity index (χ2n) is 5.01. The van der Waals surface area contributed by atoms with Gasteiger partial charge in [-0.25, -0.2) is 9.59 Å². The van der Waals surface area contributed by atoms with Crippen LogP contribution < -0.4 is 10.1 Å². The van der Waals surface area contributed by atoms with Crippen LogP contribution in [-0.4, -0.2) is 38.4 Å². The van der Waals surface area contributed by atoms with Gasteiger partial charge in [-0.3, -0.25) is 0 Å². The zero-order chi connectivity index (χ0) is 17.1. The molecule has 1 aromatic rings. The van der Waals surface area contributed by atoms with E-state index in [2.05, 4.69) is 25.7 Å². The molecule has 1 N–H and O–H groups in total. The maximum absolute atomic E-state index is 11.3. The van der Waals surface area contributed by atoms with Crippen LogP contribution in [0.4, 0.5) is 4.79 Å². The number of hydrogen-bond acceptors (Lipinski definition) is 5. The fraction of sp³-hybridized carbons (Fsp3) is 0.412. The zero-order valence-corrected chi connectivity index (χ0v) is 13.5. The van der Waals surface area contributed by atoms with Crippen LogP contribution in [0.5, 0.6) is 5.75 Å². The second kappa shape index (κ2) is 10.3. The fourth-order valence-electron chi connectivity index (χ4n) is 1.66. The number of nitrogens with one attached hydrogen (secondary N) is 1. The Balaban J connectivity index is 2.10. The Kier molecular flexibility index (Phi) is 8.28. The minimum Gasteiger partial charge on any atom is -0.490 e. The van der Waals surface area contributed by atoms with Gasteiger partial charge in [0.25, 0.3) is 0 Å². The summed E-state index contributed by atoms with van der Waals surface area (Å²) in [5.74, 6) is 0.675. The number of esters is 1. The molecule has 0 aliphatic rings. The van der Waals surface area contributed by atoms with Crippen LogP contribution in [-0.2, 0) is 14.3 Å². The van der Waals surface area contributed by atoms with Gasteiger partial charge in [-0.05, 0) is 23.6 Å². The molecule has 126 valence electrons. The highest BCUT2D eigenvalue weighted by molar-refractivity contribution is 5.81. The predicted molar refractivity (Wildman–Crippen MR) is 86.5 cm³/mol. The van der Waals surface area contributed by atoms with Crippen molar-refractivity contribution in [3.05, 3.63) is 42.5 Å². The monoisotopic (exact) mass is 321 g/mol. The molecular weight excluding hydrogens is 298 g/mol. The highest BCUT2D eigenvalue weighted by Gasteiger charge is 2.03. The maximum atomic E-state index is 11.3. The molecule has 0 aliphatic carbocycles. The highest BCUT2D eigenvalue weighted by atomic mass is 16.6. The summed E-state index contributed by atoms with van der Waals surface area (Å²) in [6.07, 6.45) is 0.474. The number of carbonyl (C=O) groups excluding carboxylic acids is 2. The number of amides is 1. The second-order valence-corrected chi connectivity index (χ2v) is 5.01. The minimum atomic E-state index is -0.585. The molecule has 0 unspecified atom stereocenters. The average molecular weight is 321 g/mol. The van der Waals surface area contributed by atoms with Crippen molar-refractivity contribution >= 4 is 12.1 Å². The van der Waals surface area contributed by atoms with Crippen LogP contribution in [0.2, 0.25) is 0 Å². The van der Waals surface area contributed by atoms with Crippen molar-refractivity contribution in [2.45, 2.75) is 19.8 Å². The molecule has 0 radical (unpaired) electrons. The fourth-order valence-corrected chi connectivity index (χ4v) is 1.66. The lowest BCUT2D eigenvalue weighted by atomic mass is 10.0. The SMILES string of the molecule is C=CC(=O)OCCNC(=O)OCCOc1ccc(C(C)C)cc1. The molecule has 0 spiro atoms. The van der Waals surface area contributed by atoms with Gasteiger partial charge in [-0.1, -0.05) is 32.6 Å². The van der Waals surface area contributed by atoms with Gasteiger partial charge >= 0.3 is 12.1 Å². The number of ether oxygens (including phenoxy) is 3. The molecule has 6 nitrogen and oxygen atoms in total. The first-order valence-electron chi connectivity index (χ1n) is 7.45. The van der Waals surface area contributed by atoms with Gasteiger partial charge in [0, 0.05) is 6.08 Å². The third kappa shape index (κ3) is 7.90. The highest BCUT2D eigenvalue weighted by Crippen LogP contribution is 2.18. The minimum absolute atomic E-state index is 0.0681. The van der Waals surface area contributed by atoms with E-state index in [4.69, 9.17) is 14.2 Å². The normalized spacial score (nSPS) is 10.0. The first-order valence-corrected chi connectivity index (χ1v) is 7.45. The summed E-state index contributed by atoms with van der Waals surface area (Å²) in [5.41, 5.74) is 1.24. The van der Waals surface area contributed by atoms with Crippen molar-refractivity contribution < 1.29 is 23.8 Å². The van der Waals surface area contributed by atoms with Crippen LogP contribution in [0.25, 0.3) is 0 Å². The summed E-state index contributed by atoms with van der Waals surface area (Å²) in [5, 5.41) is 2.45. The lowest BCUT2D eigenvalue weighted by molar-refractivity contribution is -0.137. The van der Waals surface area contributed by atoms with Crippen molar-refractivity contribution in [3.63, 3.8) is 0 Å². The van der Waals surface area contributed by atoms with Crippen LogP contribution >= 0.6 is 0 Å². The van der Waals surface area contributed by atoms with E-state index in [0.29, 0.717) is 5.92 Å². The first kappa shape index (κ1) is 18.5. The van der Waals surface area contributed by atoms with E-state index >= 15 is 0 Å². The lowest BCUT2D eigenvalue weighted by Crippen LogP contribution is -2.29. The largest absolute Gasteiger partial charge is 0.490 e. The number of hydrogen-bond donors (Lipinski definition) is 1. The van der Waals surface area contributed by atoms with Gasteiger partial charge in [-0.2, -0.15) is 0 Å². The summed E-state index contributed by atoms with van der Waals surface area (Å²) in [7, 11) is 0. The van der Waals surface area contributed by atoms with E-state index in [0.717, 1.165) is 11.8 Å². The first-order chi connectivity index (χ1) is 11.0. The lowest BCUT2D eigenvalue weighted by Gasteiger charge is -2.10. The Morgan fingerprint density at radius 1 is 1.13 bits per heavy atom. The zero-order valence-electron chi connectivity index (χ0n) is 13.5. The molecule has 0 atom stereocenters. The van der Waals surface area contributed by atoms with E-state index in [1.165, 1.54) is 5.56 Å². The van der Waals surface area contributed by atoms with Crippen molar-refractivity contribution in [1.82, 2.24) is 5.32 Å². The van der Waals surface area contributed by atoms with Crippen molar-refractivity contribution in [3.8, 4) is 5.75 Å². The summed E-state index contributed by atoms with van der Waals surface area (Å²) in [6, 6.07) is 7.81. The van der Waals surface area contributed by atoms with Crippen LogP contribution in [0.1, 0.15) is 25.3 Å². The quantitative estimate of drug-likeness (QED) is 0.430. The van der Waals surface area contributed by atoms with Crippen LogP contribution in [0.3, 0.4) is 0 Å². The summed E-state index contributed by atoms with van der Waals surface area (Å²) in [6.45, 7) is 8.15. The van der Waals surface area contributed by atoms with E-state index < -0.39 is 12.1 Å². The van der Waals surface area contributed by atoms with Crippen LogP contribution in [0.15, 0.2) is 36.9 Å². The Bertz CT molecular complexity index is 510. The van der Waals surface area contributed by atoms with Gasteiger partial charge in [0.15, 0.2) is 0 Å². The predicted octanol–water partition coefficient (Wildman–Crippen LogP) is 2.64. The Labute approximate surface area is 136 Å². The number of alkyl carbamates (subject to hydrolysis) is 1. The topological polar surface area (TPSA) is 73.9 Å². The maximum Gasteiger partial charge on any atom is 0.407 e. The van der Waals surface area contributed by atoms with Gasteiger partial charge in [-0.15, -0.1) is 0 Å². The van der Waals surface area contributed by atoms with E-state index in [1.54, 1.807) is 0 Å². The van der Waals surface area contributed by atoms with Crippen molar-refractivity contribution in [2.75, 3.05) is 26.4 Å². The standard InChI is InChI=1S/C17H23NO5/c1-4-16(19)22-10-9-18-17(20)23-12-11-21-15-7-5-14(6-8-15)13(2)3/h4-8,13H,1,9-12H2,2-3H3,(H,18,20). The molecule has 1 rings (SSSR count). The van der Waals surface area contributed by atoms with Gasteiger partial charge in [0.2, 0.25) is 0 Å². The molecule has 0 bridgehead atoms. The third-order valence-electron chi connectivity index (χ3n) is 2.91. The molecule has 1 aromatic carbocycles. The van der Waals surface area contributed by atoms with Crippen LogP contribution in [0, 0.1) is 0 Å². The molecule has 0 heterocycles. The number of benzene rings is 1.